The first kappa shape index (κ1) is 44.3. The van der Waals surface area contributed by atoms with Crippen molar-refractivity contribution in [2.24, 2.45) is 0 Å². The minimum Gasteiger partial charge on any atom is -0.307 e. The second-order valence-electron chi connectivity index (χ2n) is 10.9. The molecule has 0 amide bonds. The third-order valence-electron chi connectivity index (χ3n) is 8.37. The molecule has 9 aromatic rings. The average Bonchev–Trinajstić information content (AvgIpc) is 3.84. The van der Waals surface area contributed by atoms with Crippen LogP contribution in [0.3, 0.4) is 0 Å². The van der Waals surface area contributed by atoms with Crippen molar-refractivity contribution in [3.63, 3.8) is 0 Å². The molecule has 0 fully saturated rings. The number of rotatable bonds is 4. The van der Waals surface area contributed by atoms with Crippen LogP contribution in [0.4, 0.5) is 0 Å². The van der Waals surface area contributed by atoms with Crippen LogP contribution in [0.5, 0.6) is 0 Å². The normalized spacial score (nSPS) is 9.79. The molecule has 0 aliphatic rings. The zero-order valence-corrected chi connectivity index (χ0v) is 35.7. The summed E-state index contributed by atoms with van der Waals surface area (Å²) in [6.45, 7) is 24.0. The maximum atomic E-state index is 5.17. The number of benzene rings is 6. The topological polar surface area (TPSA) is 48.5 Å². The van der Waals surface area contributed by atoms with E-state index in [2.05, 4.69) is 100 Å². The number of aromatic nitrogens is 5. The van der Waals surface area contributed by atoms with Gasteiger partial charge >= 0.3 is 0 Å². The van der Waals surface area contributed by atoms with Crippen LogP contribution in [0.1, 0.15) is 83.1 Å². The Labute approximate surface area is 335 Å². The lowest BCUT2D eigenvalue weighted by atomic mass is 10.1. The van der Waals surface area contributed by atoms with Crippen LogP contribution in [0.2, 0.25) is 0 Å². The van der Waals surface area contributed by atoms with Crippen LogP contribution in [0, 0.1) is 0 Å². The van der Waals surface area contributed by atoms with E-state index >= 15 is 0 Å². The number of para-hydroxylation sites is 3. The second kappa shape index (κ2) is 23.0. The van der Waals surface area contributed by atoms with Crippen molar-refractivity contribution in [2.75, 3.05) is 0 Å². The van der Waals surface area contributed by atoms with Crippen LogP contribution in [0.15, 0.2) is 152 Å². The van der Waals surface area contributed by atoms with Gasteiger partial charge in [0.15, 0.2) is 11.6 Å². The smallest absolute Gasteiger partial charge is 0.238 e. The number of fused-ring (bicyclic) bond motifs is 7. The fourth-order valence-electron chi connectivity index (χ4n) is 6.45. The Morgan fingerprint density at radius 1 is 0.304 bits per heavy atom. The molecule has 0 aliphatic heterocycles. The third-order valence-corrected chi connectivity index (χ3v) is 8.37. The van der Waals surface area contributed by atoms with Crippen LogP contribution < -0.4 is 0 Å². The summed E-state index contributed by atoms with van der Waals surface area (Å²) in [4.78, 5) is 15.3. The van der Waals surface area contributed by atoms with Gasteiger partial charge in [-0.05, 0) is 24.3 Å². The summed E-state index contributed by atoms with van der Waals surface area (Å²) < 4.78 is 4.60. The largest absolute Gasteiger partial charge is 0.307 e. The molecule has 3 heterocycles. The molecule has 56 heavy (non-hydrogen) atoms. The average molecular weight is 744 g/mol. The molecular weight excluding hydrogens is 683 g/mol. The van der Waals surface area contributed by atoms with Crippen LogP contribution >= 0.6 is 0 Å². The van der Waals surface area contributed by atoms with Gasteiger partial charge in [0.05, 0.1) is 22.1 Å². The van der Waals surface area contributed by atoms with E-state index in [4.69, 9.17) is 15.0 Å². The van der Waals surface area contributed by atoms with Gasteiger partial charge in [-0.15, -0.1) is 0 Å². The summed E-state index contributed by atoms with van der Waals surface area (Å²) >= 11 is 0. The molecular formula is C51H61N5. The van der Waals surface area contributed by atoms with E-state index in [0.29, 0.717) is 17.6 Å². The van der Waals surface area contributed by atoms with Gasteiger partial charge in [0.1, 0.15) is 0 Å². The number of hydrogen-bond donors (Lipinski definition) is 0. The Morgan fingerprint density at radius 3 is 1.07 bits per heavy atom. The molecule has 0 radical (unpaired) electrons. The van der Waals surface area contributed by atoms with E-state index in [1.807, 2.05) is 144 Å². The van der Waals surface area contributed by atoms with Crippen molar-refractivity contribution in [3.05, 3.63) is 152 Å². The zero-order chi connectivity index (χ0) is 41.0. The Kier molecular flexibility index (Phi) is 18.2. The first-order chi connectivity index (χ1) is 27.8. The van der Waals surface area contributed by atoms with Gasteiger partial charge in [0.2, 0.25) is 5.95 Å². The number of hydrogen-bond acceptors (Lipinski definition) is 3. The fraction of sp³-hybridized carbons (Fsp3) is 0.235. The van der Waals surface area contributed by atoms with Crippen molar-refractivity contribution in [2.45, 2.75) is 83.1 Å². The van der Waals surface area contributed by atoms with E-state index in [9.17, 15) is 0 Å². The van der Waals surface area contributed by atoms with E-state index in [1.54, 1.807) is 0 Å². The molecule has 0 unspecified atom stereocenters. The van der Waals surface area contributed by atoms with Crippen molar-refractivity contribution < 1.29 is 0 Å². The molecule has 6 aromatic carbocycles. The summed E-state index contributed by atoms with van der Waals surface area (Å²) in [5.41, 5.74) is 7.37. The standard InChI is InChI=1S/C39H25N5.6C2H6/c1-4-14-26(15-5-1)37-40-38(27-16-6-2-7-17-27)42-39(41-37)44-34-23-13-11-21-30(34)32-25-24-31-29-20-10-12-22-33(29)43(35(31)36(32)44)28-18-8-3-9-19-28;6*1-2/h1-25H;6*1-2H3. The van der Waals surface area contributed by atoms with Crippen molar-refractivity contribution in [1.29, 1.82) is 0 Å². The van der Waals surface area contributed by atoms with Crippen molar-refractivity contribution >= 4 is 43.6 Å². The highest BCUT2D eigenvalue weighted by Gasteiger charge is 2.23. The summed E-state index contributed by atoms with van der Waals surface area (Å²) in [6.07, 6.45) is 0. The quantitative estimate of drug-likeness (QED) is 0.180. The van der Waals surface area contributed by atoms with Crippen molar-refractivity contribution in [3.8, 4) is 34.4 Å². The molecule has 0 bridgehead atoms. The minimum atomic E-state index is 0.585. The molecule has 5 heteroatoms. The molecule has 0 spiro atoms. The minimum absolute atomic E-state index is 0.585. The molecule has 0 N–H and O–H groups in total. The van der Waals surface area contributed by atoms with Crippen molar-refractivity contribution in [1.82, 2.24) is 24.1 Å². The van der Waals surface area contributed by atoms with Gasteiger partial charge in [-0.1, -0.05) is 210 Å². The summed E-state index contributed by atoms with van der Waals surface area (Å²) in [6, 6.07) is 52.5. The van der Waals surface area contributed by atoms with Gasteiger partial charge in [0, 0.05) is 38.4 Å². The highest BCUT2D eigenvalue weighted by molar-refractivity contribution is 6.23. The molecule has 5 nitrogen and oxygen atoms in total. The summed E-state index contributed by atoms with van der Waals surface area (Å²) in [7, 11) is 0. The Hall–Kier alpha value is -6.07. The van der Waals surface area contributed by atoms with Crippen LogP contribution in [-0.4, -0.2) is 24.1 Å². The highest BCUT2D eigenvalue weighted by Crippen LogP contribution is 2.41. The van der Waals surface area contributed by atoms with Gasteiger partial charge in [-0.25, -0.2) is 4.98 Å². The van der Waals surface area contributed by atoms with Gasteiger partial charge in [-0.3, -0.25) is 4.57 Å². The monoisotopic (exact) mass is 743 g/mol. The van der Waals surface area contributed by atoms with Crippen LogP contribution in [0.25, 0.3) is 78.0 Å². The molecule has 0 saturated heterocycles. The third kappa shape index (κ3) is 8.90. The first-order valence-electron chi connectivity index (χ1n) is 20.7. The predicted octanol–water partition coefficient (Wildman–Crippen LogP) is 15.6. The molecule has 9 rings (SSSR count). The summed E-state index contributed by atoms with van der Waals surface area (Å²) in [5.74, 6) is 1.86. The molecule has 290 valence electrons. The molecule has 3 aromatic heterocycles. The SMILES string of the molecule is CC.CC.CC.CC.CC.CC.c1ccc(-c2nc(-c3ccccc3)nc(-n3c4ccccc4c4ccc5c6ccccc6n(-c6ccccc6)c5c43)n2)cc1. The summed E-state index contributed by atoms with van der Waals surface area (Å²) in [5, 5.41) is 4.69. The molecule has 0 atom stereocenters. The maximum absolute atomic E-state index is 5.17. The van der Waals surface area contributed by atoms with Gasteiger partial charge < -0.3 is 4.57 Å². The van der Waals surface area contributed by atoms with Crippen LogP contribution in [-0.2, 0) is 0 Å². The van der Waals surface area contributed by atoms with Gasteiger partial charge in [-0.2, -0.15) is 9.97 Å². The lowest BCUT2D eigenvalue weighted by Crippen LogP contribution is -2.07. The first-order valence-corrected chi connectivity index (χ1v) is 20.7. The highest BCUT2D eigenvalue weighted by atomic mass is 15.2. The predicted molar refractivity (Wildman–Crippen MR) is 247 cm³/mol. The van der Waals surface area contributed by atoms with E-state index in [-0.39, 0.29) is 0 Å². The van der Waals surface area contributed by atoms with E-state index < -0.39 is 0 Å². The molecule has 0 saturated carbocycles. The maximum Gasteiger partial charge on any atom is 0.238 e. The second-order valence-corrected chi connectivity index (χ2v) is 10.9. The Bertz CT molecular complexity index is 2420. The van der Waals surface area contributed by atoms with E-state index in [1.165, 1.54) is 10.8 Å². The lowest BCUT2D eigenvalue weighted by Gasteiger charge is -2.13. The Morgan fingerprint density at radius 2 is 0.643 bits per heavy atom. The van der Waals surface area contributed by atoms with E-state index in [0.717, 1.165) is 49.7 Å². The van der Waals surface area contributed by atoms with Gasteiger partial charge in [0.25, 0.3) is 0 Å². The molecule has 0 aliphatic carbocycles. The lowest BCUT2D eigenvalue weighted by molar-refractivity contribution is 0.953. The number of nitrogens with zero attached hydrogens (tertiary/aromatic N) is 5. The fourth-order valence-corrected chi connectivity index (χ4v) is 6.45. The zero-order valence-electron chi connectivity index (χ0n) is 35.7. The Balaban J connectivity index is 0.000000644.